The lowest BCUT2D eigenvalue weighted by atomic mass is 10.2. The maximum Gasteiger partial charge on any atom is 0.326 e. The number of carboxylic acid groups (broad SMARTS) is 1. The van der Waals surface area contributed by atoms with E-state index in [9.17, 15) is 9.59 Å². The molecule has 1 aromatic heterocycles. The van der Waals surface area contributed by atoms with Gasteiger partial charge in [0.05, 0.1) is 5.75 Å². The van der Waals surface area contributed by atoms with E-state index >= 15 is 0 Å². The molecule has 1 amide bonds. The first kappa shape index (κ1) is 16.5. The second-order valence-electron chi connectivity index (χ2n) is 4.33. The van der Waals surface area contributed by atoms with E-state index < -0.39 is 12.0 Å². The second-order valence-corrected chi connectivity index (χ2v) is 5.44. The summed E-state index contributed by atoms with van der Waals surface area (Å²) in [5.74, 6) is 0.881. The maximum absolute atomic E-state index is 10.9. The summed E-state index contributed by atoms with van der Waals surface area (Å²) < 4.78 is 1.86. The number of aliphatic carboxylic acids is 1. The Bertz CT molecular complexity index is 450. The van der Waals surface area contributed by atoms with Crippen LogP contribution < -0.4 is 5.32 Å². The smallest absolute Gasteiger partial charge is 0.326 e. The van der Waals surface area contributed by atoms with Crippen molar-refractivity contribution in [3.8, 4) is 0 Å². The zero-order valence-electron chi connectivity index (χ0n) is 11.7. The number of nitrogens with zero attached hydrogens (tertiary/aromatic N) is 3. The molecule has 112 valence electrons. The predicted octanol–water partition coefficient (Wildman–Crippen LogP) is 0.901. The van der Waals surface area contributed by atoms with Gasteiger partial charge in [0.15, 0.2) is 0 Å². The van der Waals surface area contributed by atoms with E-state index in [2.05, 4.69) is 22.3 Å². The quantitative estimate of drug-likeness (QED) is 0.658. The molecule has 0 aliphatic carbocycles. The number of carbonyl (C=O) groups excluding carboxylic acids is 1. The Balaban J connectivity index is 2.34. The first-order valence-corrected chi connectivity index (χ1v) is 7.64. The minimum absolute atomic E-state index is 0.329. The topological polar surface area (TPSA) is 97.1 Å². The van der Waals surface area contributed by atoms with Crippen molar-refractivity contribution in [3.63, 3.8) is 0 Å². The average molecular weight is 300 g/mol. The van der Waals surface area contributed by atoms with E-state index in [0.717, 1.165) is 18.8 Å². The van der Waals surface area contributed by atoms with Crippen LogP contribution in [-0.2, 0) is 21.9 Å². The summed E-state index contributed by atoms with van der Waals surface area (Å²) in [5, 5.41) is 15.5. The Hall–Kier alpha value is -1.57. The molecule has 0 aromatic carbocycles. The van der Waals surface area contributed by atoms with Gasteiger partial charge in [0.25, 0.3) is 0 Å². The number of aromatic nitrogens is 3. The van der Waals surface area contributed by atoms with Gasteiger partial charge in [0.2, 0.25) is 5.91 Å². The van der Waals surface area contributed by atoms with E-state index in [1.807, 2.05) is 4.68 Å². The van der Waals surface area contributed by atoms with Crippen molar-refractivity contribution in [2.75, 3.05) is 5.75 Å². The molecular formula is C12H20N4O3S. The number of amides is 1. The fraction of sp³-hybridized carbons (Fsp3) is 0.667. The third-order valence-electron chi connectivity index (χ3n) is 2.59. The molecule has 2 N–H and O–H groups in total. The van der Waals surface area contributed by atoms with Gasteiger partial charge in [-0.05, 0) is 18.6 Å². The zero-order chi connectivity index (χ0) is 15.0. The van der Waals surface area contributed by atoms with Crippen molar-refractivity contribution in [1.29, 1.82) is 0 Å². The van der Waals surface area contributed by atoms with Crippen molar-refractivity contribution in [3.05, 3.63) is 12.2 Å². The van der Waals surface area contributed by atoms with E-state index in [4.69, 9.17) is 5.11 Å². The third-order valence-corrected chi connectivity index (χ3v) is 3.58. The standard InChI is InChI=1S/C12H20N4O3S/c1-3-5-16-11(13-8-14-16)7-20-6-4-10(12(18)19)15-9(2)17/h8,10H,3-7H2,1-2H3,(H,15,17)(H,18,19). The van der Waals surface area contributed by atoms with Crippen molar-refractivity contribution < 1.29 is 14.7 Å². The highest BCUT2D eigenvalue weighted by atomic mass is 32.2. The highest BCUT2D eigenvalue weighted by molar-refractivity contribution is 7.98. The summed E-state index contributed by atoms with van der Waals surface area (Å²) in [7, 11) is 0. The van der Waals surface area contributed by atoms with Gasteiger partial charge in [-0.1, -0.05) is 6.92 Å². The SMILES string of the molecule is CCCn1ncnc1CSCCC(NC(C)=O)C(=O)O. The fourth-order valence-corrected chi connectivity index (χ4v) is 2.62. The lowest BCUT2D eigenvalue weighted by Crippen LogP contribution is -2.39. The summed E-state index contributed by atoms with van der Waals surface area (Å²) in [6, 6.07) is -0.825. The monoisotopic (exact) mass is 300 g/mol. The van der Waals surface area contributed by atoms with Gasteiger partial charge in [-0.2, -0.15) is 16.9 Å². The summed E-state index contributed by atoms with van der Waals surface area (Å²) in [6.45, 7) is 4.22. The van der Waals surface area contributed by atoms with Gasteiger partial charge in [0, 0.05) is 13.5 Å². The molecule has 1 atom stereocenters. The normalized spacial score (nSPS) is 12.1. The Morgan fingerprint density at radius 1 is 1.55 bits per heavy atom. The number of nitrogens with one attached hydrogen (secondary N) is 1. The van der Waals surface area contributed by atoms with Crippen LogP contribution in [0, 0.1) is 0 Å². The summed E-state index contributed by atoms with van der Waals surface area (Å²) in [5.41, 5.74) is 0. The van der Waals surface area contributed by atoms with Crippen molar-refractivity contribution in [2.45, 2.75) is 45.0 Å². The molecule has 0 saturated heterocycles. The Kier molecular flexibility index (Phi) is 7.06. The number of thioether (sulfide) groups is 1. The molecule has 0 radical (unpaired) electrons. The highest BCUT2D eigenvalue weighted by Gasteiger charge is 2.17. The summed E-state index contributed by atoms with van der Waals surface area (Å²) in [4.78, 5) is 26.0. The van der Waals surface area contributed by atoms with Gasteiger partial charge in [-0.25, -0.2) is 14.5 Å². The maximum atomic E-state index is 10.9. The van der Waals surface area contributed by atoms with Crippen LogP contribution in [0.25, 0.3) is 0 Å². The molecule has 0 aliphatic heterocycles. The number of hydrogen-bond acceptors (Lipinski definition) is 5. The average Bonchev–Trinajstić information content (AvgIpc) is 2.80. The van der Waals surface area contributed by atoms with Gasteiger partial charge < -0.3 is 10.4 Å². The highest BCUT2D eigenvalue weighted by Crippen LogP contribution is 2.12. The van der Waals surface area contributed by atoms with Crippen LogP contribution in [0.2, 0.25) is 0 Å². The second kappa shape index (κ2) is 8.57. The molecule has 0 bridgehead atoms. The summed E-state index contributed by atoms with van der Waals surface area (Å²) >= 11 is 1.59. The van der Waals surface area contributed by atoms with E-state index in [1.54, 1.807) is 11.8 Å². The fourth-order valence-electron chi connectivity index (χ4n) is 1.67. The van der Waals surface area contributed by atoms with Crippen LogP contribution >= 0.6 is 11.8 Å². The van der Waals surface area contributed by atoms with E-state index in [-0.39, 0.29) is 5.91 Å². The number of aryl methyl sites for hydroxylation is 1. The van der Waals surface area contributed by atoms with Gasteiger partial charge >= 0.3 is 5.97 Å². The van der Waals surface area contributed by atoms with Crippen molar-refractivity contribution in [2.24, 2.45) is 0 Å². The van der Waals surface area contributed by atoms with E-state index in [0.29, 0.717) is 17.9 Å². The molecule has 20 heavy (non-hydrogen) atoms. The molecule has 8 heteroatoms. The first-order valence-electron chi connectivity index (χ1n) is 6.49. The molecule has 0 fully saturated rings. The predicted molar refractivity (Wildman–Crippen MR) is 76.3 cm³/mol. The summed E-state index contributed by atoms with van der Waals surface area (Å²) in [6.07, 6.45) is 2.91. The number of rotatable bonds is 9. The minimum Gasteiger partial charge on any atom is -0.480 e. The zero-order valence-corrected chi connectivity index (χ0v) is 12.5. The van der Waals surface area contributed by atoms with Crippen LogP contribution in [-0.4, -0.2) is 43.5 Å². The molecule has 1 aromatic rings. The van der Waals surface area contributed by atoms with Crippen LogP contribution in [0.3, 0.4) is 0 Å². The van der Waals surface area contributed by atoms with Crippen LogP contribution in [0.1, 0.15) is 32.5 Å². The first-order chi connectivity index (χ1) is 9.54. The number of hydrogen-bond donors (Lipinski definition) is 2. The minimum atomic E-state index is -1.00. The largest absolute Gasteiger partial charge is 0.480 e. The van der Waals surface area contributed by atoms with Gasteiger partial charge in [0.1, 0.15) is 18.2 Å². The van der Waals surface area contributed by atoms with E-state index in [1.165, 1.54) is 13.3 Å². The molecule has 7 nitrogen and oxygen atoms in total. The molecule has 0 spiro atoms. The van der Waals surface area contributed by atoms with Crippen LogP contribution in [0.15, 0.2) is 6.33 Å². The lowest BCUT2D eigenvalue weighted by Gasteiger charge is -2.12. The van der Waals surface area contributed by atoms with Crippen LogP contribution in [0.4, 0.5) is 0 Å². The number of carboxylic acids is 1. The van der Waals surface area contributed by atoms with Gasteiger partial charge in [-0.15, -0.1) is 0 Å². The third kappa shape index (κ3) is 5.60. The van der Waals surface area contributed by atoms with Gasteiger partial charge in [-0.3, -0.25) is 4.79 Å². The molecule has 1 unspecified atom stereocenters. The Morgan fingerprint density at radius 2 is 2.30 bits per heavy atom. The van der Waals surface area contributed by atoms with Crippen molar-refractivity contribution in [1.82, 2.24) is 20.1 Å². The Morgan fingerprint density at radius 3 is 2.90 bits per heavy atom. The number of carbonyl (C=O) groups is 2. The van der Waals surface area contributed by atoms with Crippen LogP contribution in [0.5, 0.6) is 0 Å². The van der Waals surface area contributed by atoms with Crippen molar-refractivity contribution >= 4 is 23.6 Å². The molecule has 1 heterocycles. The molecule has 0 aliphatic rings. The molecular weight excluding hydrogens is 280 g/mol. The molecule has 1 rings (SSSR count). The lowest BCUT2D eigenvalue weighted by molar-refractivity contribution is -0.141. The molecule has 0 saturated carbocycles. The Labute approximate surface area is 122 Å².